The number of carbonyl (C=O) groups excluding carboxylic acids is 1. The van der Waals surface area contributed by atoms with Crippen LogP contribution in [-0.2, 0) is 0 Å². The molecule has 0 aromatic heterocycles. The summed E-state index contributed by atoms with van der Waals surface area (Å²) >= 11 is -2.96. The van der Waals surface area contributed by atoms with Gasteiger partial charge in [-0.05, 0) is 0 Å². The third-order valence-electron chi connectivity index (χ3n) is 3.52. The second kappa shape index (κ2) is 6.64. The first kappa shape index (κ1) is 14.7. The van der Waals surface area contributed by atoms with Gasteiger partial charge in [-0.15, -0.1) is 0 Å². The molecule has 19 heavy (non-hydrogen) atoms. The molecular weight excluding hydrogens is 347 g/mol. The summed E-state index contributed by atoms with van der Waals surface area (Å²) in [5.41, 5.74) is 0.662. The summed E-state index contributed by atoms with van der Waals surface area (Å²) in [7, 11) is 0. The van der Waals surface area contributed by atoms with Crippen molar-refractivity contribution in [2.24, 2.45) is 0 Å². The molecule has 0 aliphatic carbocycles. The van der Waals surface area contributed by atoms with Crippen LogP contribution >= 0.6 is 0 Å². The molecule has 1 aromatic rings. The van der Waals surface area contributed by atoms with Crippen molar-refractivity contribution < 1.29 is 10.9 Å². The zero-order valence-corrected chi connectivity index (χ0v) is 14.6. The van der Waals surface area contributed by atoms with E-state index in [1.807, 2.05) is 12.1 Å². The number of benzene rings is 1. The predicted octanol–water partition coefficient (Wildman–Crippen LogP) is 4.31. The molecule has 4 heteroatoms. The van der Waals surface area contributed by atoms with Gasteiger partial charge in [-0.25, -0.2) is 0 Å². The Morgan fingerprint density at radius 1 is 1.05 bits per heavy atom. The normalized spacial score (nSPS) is 15.5. The molecule has 0 N–H and O–H groups in total. The first-order valence-electron chi connectivity index (χ1n) is 7.20. The van der Waals surface area contributed by atoms with Crippen molar-refractivity contribution in [2.75, 3.05) is 0 Å². The van der Waals surface area contributed by atoms with Crippen LogP contribution in [0.3, 0.4) is 0 Å². The molecule has 0 saturated heterocycles. The molecule has 1 aliphatic heterocycles. The van der Waals surface area contributed by atoms with E-state index in [4.69, 9.17) is 6.15 Å². The van der Waals surface area contributed by atoms with Gasteiger partial charge in [0.2, 0.25) is 0 Å². The number of fused-ring (bicyclic) bond motifs is 1. The number of hydrogen-bond donors (Lipinski definition) is 0. The summed E-state index contributed by atoms with van der Waals surface area (Å²) in [6, 6.07) is 5.51. The molecule has 104 valence electrons. The first-order chi connectivity index (χ1) is 9.23. The molecule has 1 aromatic carbocycles. The van der Waals surface area contributed by atoms with Crippen LogP contribution in [0, 0.1) is 0 Å². The Morgan fingerprint density at radius 3 is 2.26 bits per heavy atom. The standard InChI is InChI=1S/C7H6O3.2C4H9.Sn/c8-4-5-1-2-6(9)7(10)3-5;2*1-3-4-2;/h1-4,9-10H;2*1,3-4H2,2H3;/q;;;+2/p-2. The fourth-order valence-electron chi connectivity index (χ4n) is 2.41. The van der Waals surface area contributed by atoms with E-state index in [2.05, 4.69) is 13.8 Å². The molecule has 0 radical (unpaired) electrons. The van der Waals surface area contributed by atoms with Crippen molar-refractivity contribution >= 4 is 25.5 Å². The van der Waals surface area contributed by atoms with Gasteiger partial charge < -0.3 is 0 Å². The predicted molar refractivity (Wildman–Crippen MR) is 78.3 cm³/mol. The van der Waals surface area contributed by atoms with Crippen LogP contribution < -0.4 is 6.15 Å². The molecule has 0 fully saturated rings. The van der Waals surface area contributed by atoms with Gasteiger partial charge in [-0.2, -0.15) is 0 Å². The molecule has 1 aliphatic rings. The molecule has 0 amide bonds. The van der Waals surface area contributed by atoms with Crippen molar-refractivity contribution in [1.29, 1.82) is 0 Å². The number of rotatable bonds is 7. The number of aldehydes is 1. The number of hydrogen-bond acceptors (Lipinski definition) is 3. The average Bonchev–Trinajstić information content (AvgIpc) is 2.80. The molecule has 1 heterocycles. The Hall–Kier alpha value is -0.711. The number of unbranched alkanes of at least 4 members (excludes halogenated alkanes) is 2. The van der Waals surface area contributed by atoms with Crippen LogP contribution in [0.5, 0.6) is 11.5 Å². The maximum absolute atomic E-state index is 10.8. The number of carbonyl (C=O) groups is 1. The van der Waals surface area contributed by atoms with Crippen LogP contribution in [0.25, 0.3) is 0 Å². The second-order valence-corrected chi connectivity index (χ2v) is 14.4. The molecule has 0 saturated carbocycles. The SMILES string of the molecule is CCC[CH2][Sn]1([CH2]CCC)[O]c2ccc(C=O)cc2[O]1. The Balaban J connectivity index is 2.17. The Bertz CT molecular complexity index is 437. The zero-order chi connectivity index (χ0) is 13.7. The summed E-state index contributed by atoms with van der Waals surface area (Å²) in [6.07, 6.45) is 5.56. The molecule has 0 atom stereocenters. The molecule has 3 nitrogen and oxygen atoms in total. The van der Waals surface area contributed by atoms with Crippen molar-refractivity contribution in [3.8, 4) is 11.5 Å². The van der Waals surface area contributed by atoms with Crippen molar-refractivity contribution in [3.63, 3.8) is 0 Å². The zero-order valence-electron chi connectivity index (χ0n) is 11.8. The van der Waals surface area contributed by atoms with Gasteiger partial charge in [-0.1, -0.05) is 0 Å². The van der Waals surface area contributed by atoms with Crippen molar-refractivity contribution in [1.82, 2.24) is 0 Å². The van der Waals surface area contributed by atoms with Crippen LogP contribution in [0.2, 0.25) is 8.87 Å². The molecular formula is C15H22O3Sn. The summed E-state index contributed by atoms with van der Waals surface area (Å²) in [6.45, 7) is 4.40. The van der Waals surface area contributed by atoms with Gasteiger partial charge in [-0.3, -0.25) is 0 Å². The average molecular weight is 369 g/mol. The third kappa shape index (κ3) is 3.44. The topological polar surface area (TPSA) is 35.5 Å². The van der Waals surface area contributed by atoms with E-state index in [0.29, 0.717) is 5.56 Å². The van der Waals surface area contributed by atoms with Crippen molar-refractivity contribution in [2.45, 2.75) is 48.4 Å². The van der Waals surface area contributed by atoms with Gasteiger partial charge >= 0.3 is 120 Å². The van der Waals surface area contributed by atoms with E-state index in [1.165, 1.54) is 25.7 Å². The van der Waals surface area contributed by atoms with Crippen molar-refractivity contribution in [3.05, 3.63) is 23.8 Å². The minimum atomic E-state index is -2.96. The Kier molecular flexibility index (Phi) is 5.13. The van der Waals surface area contributed by atoms with Gasteiger partial charge in [0, 0.05) is 0 Å². The Morgan fingerprint density at radius 2 is 1.68 bits per heavy atom. The quantitative estimate of drug-likeness (QED) is 0.531. The van der Waals surface area contributed by atoms with E-state index in [-0.39, 0.29) is 0 Å². The van der Waals surface area contributed by atoms with Gasteiger partial charge in [0.15, 0.2) is 0 Å². The molecule has 0 spiro atoms. The summed E-state index contributed by atoms with van der Waals surface area (Å²) < 4.78 is 14.8. The first-order valence-corrected chi connectivity index (χ1v) is 13.6. The summed E-state index contributed by atoms with van der Waals surface area (Å²) in [5.74, 6) is 1.65. The van der Waals surface area contributed by atoms with Gasteiger partial charge in [0.25, 0.3) is 0 Å². The maximum atomic E-state index is 10.8. The van der Waals surface area contributed by atoms with Crippen LogP contribution in [-0.4, -0.2) is 25.5 Å². The van der Waals surface area contributed by atoms with E-state index < -0.39 is 19.2 Å². The van der Waals surface area contributed by atoms with E-state index in [1.54, 1.807) is 6.07 Å². The van der Waals surface area contributed by atoms with Gasteiger partial charge in [0.1, 0.15) is 0 Å². The molecule has 2 rings (SSSR count). The summed E-state index contributed by atoms with van der Waals surface area (Å²) in [5, 5.41) is 0. The van der Waals surface area contributed by atoms with E-state index in [0.717, 1.165) is 26.7 Å². The second-order valence-electron chi connectivity index (χ2n) is 5.15. The monoisotopic (exact) mass is 370 g/mol. The minimum absolute atomic E-state index is 0.662. The molecule has 0 bridgehead atoms. The third-order valence-corrected chi connectivity index (χ3v) is 13.3. The van der Waals surface area contributed by atoms with Crippen LogP contribution in [0.4, 0.5) is 0 Å². The van der Waals surface area contributed by atoms with Crippen LogP contribution in [0.1, 0.15) is 49.9 Å². The molecule has 0 unspecified atom stereocenters. The fraction of sp³-hybridized carbons (Fsp3) is 0.533. The Labute approximate surface area is 120 Å². The van der Waals surface area contributed by atoms with E-state index >= 15 is 0 Å². The van der Waals surface area contributed by atoms with Gasteiger partial charge in [0.05, 0.1) is 0 Å². The summed E-state index contributed by atoms with van der Waals surface area (Å²) in [4.78, 5) is 10.8. The van der Waals surface area contributed by atoms with E-state index in [9.17, 15) is 4.79 Å². The fourth-order valence-corrected chi connectivity index (χ4v) is 12.7. The van der Waals surface area contributed by atoms with Crippen LogP contribution in [0.15, 0.2) is 18.2 Å².